The van der Waals surface area contributed by atoms with Crippen molar-refractivity contribution in [3.8, 4) is 11.4 Å². The predicted octanol–water partition coefficient (Wildman–Crippen LogP) is 14.6. The molecule has 0 saturated heterocycles. The number of hydrogen-bond donors (Lipinski definition) is 0. The number of benzene rings is 9. The summed E-state index contributed by atoms with van der Waals surface area (Å²) in [6.45, 7) is 21.4. The monoisotopic (exact) mass is 902 g/mol. The standard InChI is InChI=1S/C67H59BN2/c1-42-34-59-61-60(35-42)70-58-33-31-48(65(4,5)44-24-16-11-17-25-44)37-52(58)54-39-50(67(8,9)46-28-20-13-21-29-46)41-56(63(54)70)68(61)55-40-49(66(6,7)45-26-18-12-19-27-45)38-53-51-36-47(30-32-57(51)69(59)62(53)55)64(2,3)43-22-14-10-15-23-43/h10-41H,1-9H3. The van der Waals surface area contributed by atoms with Crippen LogP contribution < -0.4 is 16.4 Å². The topological polar surface area (TPSA) is 9.86 Å². The van der Waals surface area contributed by atoms with Crippen LogP contribution in [0.15, 0.2) is 194 Å². The van der Waals surface area contributed by atoms with E-state index < -0.39 is 0 Å². The minimum atomic E-state index is -0.268. The molecule has 11 aromatic rings. The van der Waals surface area contributed by atoms with Gasteiger partial charge in [-0.2, -0.15) is 0 Å². The lowest BCUT2D eigenvalue weighted by Gasteiger charge is -2.36. The van der Waals surface area contributed by atoms with Gasteiger partial charge in [0.1, 0.15) is 0 Å². The molecule has 0 N–H and O–H groups in total. The lowest BCUT2D eigenvalue weighted by Crippen LogP contribution is -2.60. The van der Waals surface area contributed by atoms with E-state index >= 15 is 0 Å². The number of hydrogen-bond acceptors (Lipinski definition) is 0. The zero-order valence-electron chi connectivity index (χ0n) is 41.9. The summed E-state index contributed by atoms with van der Waals surface area (Å²) >= 11 is 0. The van der Waals surface area contributed by atoms with Gasteiger partial charge in [0.05, 0.1) is 11.0 Å². The highest BCUT2D eigenvalue weighted by Gasteiger charge is 2.43. The Hall–Kier alpha value is -7.36. The quantitative estimate of drug-likeness (QED) is 0.135. The Labute approximate surface area is 413 Å². The number of aromatic nitrogens is 2. The Morgan fingerprint density at radius 3 is 0.971 bits per heavy atom. The smallest absolute Gasteiger partial charge is 0.252 e. The average Bonchev–Trinajstić information content (AvgIpc) is 3.90. The van der Waals surface area contributed by atoms with Gasteiger partial charge in [0.2, 0.25) is 0 Å². The van der Waals surface area contributed by atoms with Crippen molar-refractivity contribution >= 4 is 66.7 Å². The maximum atomic E-state index is 2.65. The van der Waals surface area contributed by atoms with E-state index in [0.29, 0.717) is 0 Å². The molecule has 0 aliphatic carbocycles. The molecule has 2 nitrogen and oxygen atoms in total. The fourth-order valence-corrected chi connectivity index (χ4v) is 12.8. The van der Waals surface area contributed by atoms with Crippen molar-refractivity contribution in [2.24, 2.45) is 0 Å². The Morgan fingerprint density at radius 1 is 0.314 bits per heavy atom. The molecule has 0 unspecified atom stereocenters. The summed E-state index contributed by atoms with van der Waals surface area (Å²) in [5.41, 5.74) is 22.8. The molecule has 340 valence electrons. The van der Waals surface area contributed by atoms with Gasteiger partial charge < -0.3 is 9.13 Å². The van der Waals surface area contributed by atoms with Crippen molar-refractivity contribution in [3.05, 3.63) is 244 Å². The van der Waals surface area contributed by atoms with Crippen LogP contribution in [0.1, 0.15) is 105 Å². The van der Waals surface area contributed by atoms with Gasteiger partial charge in [0.25, 0.3) is 6.71 Å². The summed E-state index contributed by atoms with van der Waals surface area (Å²) < 4.78 is 5.29. The average molecular weight is 903 g/mol. The molecule has 13 rings (SSSR count). The van der Waals surface area contributed by atoms with Crippen LogP contribution in [-0.2, 0) is 21.7 Å². The SMILES string of the molecule is Cc1cc2c3c(c1)-n1c4ccc(C(C)(C)c5ccccc5)cc4c4cc(C(C)(C)c5ccccc5)cc(c41)B3c1cc(C(C)(C)c3ccccc3)cc3c4cc(C(C)(C)c5ccccc5)ccc4n-2c13. The second-order valence-corrected chi connectivity index (χ2v) is 22.7. The number of fused-ring (bicyclic) bond motifs is 10. The molecule has 0 fully saturated rings. The summed E-state index contributed by atoms with van der Waals surface area (Å²) in [5, 5.41) is 5.25. The maximum absolute atomic E-state index is 2.65. The summed E-state index contributed by atoms with van der Waals surface area (Å²) in [6, 6.07) is 74.2. The van der Waals surface area contributed by atoms with Gasteiger partial charge in [0.15, 0.2) is 0 Å². The molecule has 0 atom stereocenters. The molecule has 70 heavy (non-hydrogen) atoms. The number of aryl methyl sites for hydroxylation is 1. The highest BCUT2D eigenvalue weighted by Crippen LogP contribution is 2.46. The zero-order valence-corrected chi connectivity index (χ0v) is 41.9. The first-order chi connectivity index (χ1) is 33.7. The number of rotatable bonds is 8. The van der Waals surface area contributed by atoms with Crippen molar-refractivity contribution in [1.82, 2.24) is 9.13 Å². The summed E-state index contributed by atoms with van der Waals surface area (Å²) in [6.07, 6.45) is 0. The lowest BCUT2D eigenvalue weighted by atomic mass is 9.33. The van der Waals surface area contributed by atoms with Crippen LogP contribution in [-0.4, -0.2) is 15.8 Å². The first-order valence-electron chi connectivity index (χ1n) is 25.3. The molecule has 0 spiro atoms. The Balaban J connectivity index is 1.17. The van der Waals surface area contributed by atoms with Crippen molar-refractivity contribution in [2.75, 3.05) is 0 Å². The Bertz CT molecular complexity index is 3670. The molecule has 9 aromatic carbocycles. The zero-order chi connectivity index (χ0) is 48.1. The van der Waals surface area contributed by atoms with E-state index in [2.05, 4.69) is 266 Å². The van der Waals surface area contributed by atoms with E-state index in [-0.39, 0.29) is 28.4 Å². The van der Waals surface area contributed by atoms with E-state index in [4.69, 9.17) is 0 Å². The minimum absolute atomic E-state index is 0.0114. The fourth-order valence-electron chi connectivity index (χ4n) is 12.8. The van der Waals surface area contributed by atoms with E-state index in [9.17, 15) is 0 Å². The third-order valence-electron chi connectivity index (χ3n) is 17.3. The van der Waals surface area contributed by atoms with Crippen LogP contribution in [0.25, 0.3) is 55.0 Å². The van der Waals surface area contributed by atoms with Crippen LogP contribution in [0.5, 0.6) is 0 Å². The van der Waals surface area contributed by atoms with Gasteiger partial charge >= 0.3 is 0 Å². The van der Waals surface area contributed by atoms with Gasteiger partial charge in [-0.25, -0.2) is 0 Å². The van der Waals surface area contributed by atoms with Crippen molar-refractivity contribution in [3.63, 3.8) is 0 Å². The second kappa shape index (κ2) is 14.8. The molecule has 0 radical (unpaired) electrons. The normalized spacial score (nSPS) is 13.5. The summed E-state index contributed by atoms with van der Waals surface area (Å²) in [4.78, 5) is 0. The van der Waals surface area contributed by atoms with Crippen molar-refractivity contribution in [2.45, 2.75) is 84.0 Å². The molecular weight excluding hydrogens is 844 g/mol. The lowest BCUT2D eigenvalue weighted by molar-refractivity contribution is 0.641. The van der Waals surface area contributed by atoms with Gasteiger partial charge in [0, 0.05) is 65.6 Å². The predicted molar refractivity (Wildman–Crippen MR) is 299 cm³/mol. The molecule has 2 aliphatic rings. The van der Waals surface area contributed by atoms with Crippen LogP contribution >= 0.6 is 0 Å². The number of nitrogens with zero attached hydrogens (tertiary/aromatic N) is 2. The third kappa shape index (κ3) is 5.94. The molecule has 4 heterocycles. The van der Waals surface area contributed by atoms with Crippen molar-refractivity contribution in [1.29, 1.82) is 0 Å². The van der Waals surface area contributed by atoms with Crippen LogP contribution in [0.2, 0.25) is 0 Å². The van der Waals surface area contributed by atoms with E-state index in [1.165, 1.54) is 121 Å². The van der Waals surface area contributed by atoms with E-state index in [1.807, 2.05) is 0 Å². The Kier molecular flexibility index (Phi) is 9.05. The molecule has 0 amide bonds. The highest BCUT2D eigenvalue weighted by molar-refractivity contribution is 7.00. The molecule has 2 aromatic heterocycles. The highest BCUT2D eigenvalue weighted by atomic mass is 15.0. The molecule has 0 saturated carbocycles. The molecule has 2 aliphatic heterocycles. The van der Waals surface area contributed by atoms with E-state index in [1.54, 1.807) is 0 Å². The van der Waals surface area contributed by atoms with Gasteiger partial charge in [-0.3, -0.25) is 0 Å². The summed E-state index contributed by atoms with van der Waals surface area (Å²) in [5.74, 6) is 0. The van der Waals surface area contributed by atoms with Gasteiger partial charge in [-0.1, -0.05) is 201 Å². The van der Waals surface area contributed by atoms with Crippen LogP contribution in [0, 0.1) is 6.92 Å². The van der Waals surface area contributed by atoms with Crippen LogP contribution in [0.3, 0.4) is 0 Å². The summed E-state index contributed by atoms with van der Waals surface area (Å²) in [7, 11) is 0. The van der Waals surface area contributed by atoms with Crippen LogP contribution in [0.4, 0.5) is 0 Å². The maximum Gasteiger partial charge on any atom is 0.252 e. The molecule has 0 bridgehead atoms. The third-order valence-corrected chi connectivity index (χ3v) is 17.3. The largest absolute Gasteiger partial charge is 0.310 e. The van der Waals surface area contributed by atoms with E-state index in [0.717, 1.165) is 0 Å². The van der Waals surface area contributed by atoms with Gasteiger partial charge in [-0.15, -0.1) is 0 Å². The fraction of sp³-hybridized carbons (Fsp3) is 0.194. The first-order valence-corrected chi connectivity index (χ1v) is 25.3. The first kappa shape index (κ1) is 42.7. The Morgan fingerprint density at radius 2 is 0.629 bits per heavy atom. The van der Waals surface area contributed by atoms with Crippen molar-refractivity contribution < 1.29 is 0 Å². The molecule has 3 heteroatoms. The second-order valence-electron chi connectivity index (χ2n) is 22.7. The van der Waals surface area contributed by atoms with Gasteiger partial charge in [-0.05, 0) is 122 Å². The minimum Gasteiger partial charge on any atom is -0.310 e. The molecular formula is C67H59BN2.